The fraction of sp³-hybridized carbons (Fsp3) is 0.217. The van der Waals surface area contributed by atoms with Crippen LogP contribution < -0.4 is 14.8 Å². The molecule has 6 heteroatoms. The maximum Gasteiger partial charge on any atom is 0.227 e. The summed E-state index contributed by atoms with van der Waals surface area (Å²) < 4.78 is 13.0. The van der Waals surface area contributed by atoms with Crippen LogP contribution in [0, 0.1) is 0 Å². The van der Waals surface area contributed by atoms with Crippen molar-refractivity contribution in [1.82, 2.24) is 14.5 Å². The number of para-hydroxylation sites is 1. The summed E-state index contributed by atoms with van der Waals surface area (Å²) in [5.41, 5.74) is 3.92. The molecule has 2 heterocycles. The lowest BCUT2D eigenvalue weighted by molar-refractivity contribution is 0.395. The first kappa shape index (κ1) is 18.8. The third kappa shape index (κ3) is 3.61. The molecule has 6 nitrogen and oxygen atoms in total. The molecule has 29 heavy (non-hydrogen) atoms. The molecule has 0 aliphatic carbocycles. The van der Waals surface area contributed by atoms with E-state index in [0.717, 1.165) is 22.7 Å². The first-order chi connectivity index (χ1) is 14.1. The molecule has 0 atom stereocenters. The molecule has 0 saturated carbocycles. The number of aromatic nitrogens is 3. The van der Waals surface area contributed by atoms with Crippen LogP contribution in [0.1, 0.15) is 19.9 Å². The van der Waals surface area contributed by atoms with Crippen molar-refractivity contribution in [3.8, 4) is 22.8 Å². The quantitative estimate of drug-likeness (QED) is 0.476. The van der Waals surface area contributed by atoms with Crippen LogP contribution >= 0.6 is 0 Å². The lowest BCUT2D eigenvalue weighted by Gasteiger charge is -2.12. The van der Waals surface area contributed by atoms with E-state index < -0.39 is 0 Å². The standard InChI is InChI=1S/C23H24N4O2/c1-15(2)27-14-18(17-7-5-6-8-21(17)27)19-11-12-24-23(25-19)26-20-10-9-16(28-3)13-22(20)29-4/h5-15H,1-4H3,(H,24,25,26). The van der Waals surface area contributed by atoms with Gasteiger partial charge in [-0.05, 0) is 38.1 Å². The second-order valence-corrected chi connectivity index (χ2v) is 7.02. The molecule has 0 radical (unpaired) electrons. The average Bonchev–Trinajstić information content (AvgIpc) is 3.14. The summed E-state index contributed by atoms with van der Waals surface area (Å²) in [5.74, 6) is 1.89. The molecule has 2 aromatic heterocycles. The normalized spacial score (nSPS) is 11.1. The van der Waals surface area contributed by atoms with Gasteiger partial charge in [-0.2, -0.15) is 0 Å². The summed E-state index contributed by atoms with van der Waals surface area (Å²) >= 11 is 0. The highest BCUT2D eigenvalue weighted by Crippen LogP contribution is 2.33. The van der Waals surface area contributed by atoms with Crippen LogP contribution in [0.15, 0.2) is 60.9 Å². The SMILES string of the molecule is COc1ccc(Nc2nccc(-c3cn(C(C)C)c4ccccc34)n2)c(OC)c1. The fourth-order valence-corrected chi connectivity index (χ4v) is 3.43. The molecule has 0 unspecified atom stereocenters. The number of nitrogens with zero attached hydrogens (tertiary/aromatic N) is 3. The molecule has 0 amide bonds. The minimum atomic E-state index is 0.358. The zero-order chi connectivity index (χ0) is 20.4. The zero-order valence-corrected chi connectivity index (χ0v) is 17.0. The molecular formula is C23H24N4O2. The van der Waals surface area contributed by atoms with Crippen molar-refractivity contribution in [1.29, 1.82) is 0 Å². The molecule has 4 rings (SSSR count). The van der Waals surface area contributed by atoms with E-state index >= 15 is 0 Å². The number of fused-ring (bicyclic) bond motifs is 1. The molecular weight excluding hydrogens is 364 g/mol. The third-order valence-electron chi connectivity index (χ3n) is 4.88. The Hall–Kier alpha value is -3.54. The number of anilines is 2. The smallest absolute Gasteiger partial charge is 0.227 e. The van der Waals surface area contributed by atoms with Gasteiger partial charge in [-0.25, -0.2) is 9.97 Å². The summed E-state index contributed by atoms with van der Waals surface area (Å²) in [5, 5.41) is 4.43. The Labute approximate surface area is 170 Å². The Balaban J connectivity index is 1.73. The highest BCUT2D eigenvalue weighted by atomic mass is 16.5. The summed E-state index contributed by atoms with van der Waals surface area (Å²) in [6.45, 7) is 4.36. The number of rotatable bonds is 6. The minimum absolute atomic E-state index is 0.358. The van der Waals surface area contributed by atoms with Crippen molar-refractivity contribution in [3.63, 3.8) is 0 Å². The highest BCUT2D eigenvalue weighted by Gasteiger charge is 2.14. The zero-order valence-electron chi connectivity index (χ0n) is 17.0. The van der Waals surface area contributed by atoms with E-state index in [2.05, 4.69) is 59.2 Å². The van der Waals surface area contributed by atoms with Crippen LogP contribution in [0.2, 0.25) is 0 Å². The van der Waals surface area contributed by atoms with E-state index in [1.807, 2.05) is 24.3 Å². The number of methoxy groups -OCH3 is 2. The van der Waals surface area contributed by atoms with Gasteiger partial charge in [-0.15, -0.1) is 0 Å². The minimum Gasteiger partial charge on any atom is -0.497 e. The van der Waals surface area contributed by atoms with Gasteiger partial charge in [-0.1, -0.05) is 18.2 Å². The summed E-state index contributed by atoms with van der Waals surface area (Å²) in [6, 6.07) is 16.3. The number of ether oxygens (including phenoxy) is 2. The van der Waals surface area contributed by atoms with E-state index in [1.54, 1.807) is 20.4 Å². The Morgan fingerprint density at radius 3 is 2.59 bits per heavy atom. The number of hydrogen-bond donors (Lipinski definition) is 1. The maximum absolute atomic E-state index is 5.46. The van der Waals surface area contributed by atoms with Crippen molar-refractivity contribution in [2.45, 2.75) is 19.9 Å². The molecule has 0 bridgehead atoms. The summed E-state index contributed by atoms with van der Waals surface area (Å²) in [7, 11) is 3.25. The molecule has 2 aromatic carbocycles. The third-order valence-corrected chi connectivity index (χ3v) is 4.88. The van der Waals surface area contributed by atoms with Gasteiger partial charge in [0.15, 0.2) is 0 Å². The molecule has 4 aromatic rings. The molecule has 0 aliphatic rings. The molecule has 0 spiro atoms. The van der Waals surface area contributed by atoms with Gasteiger partial charge in [0.25, 0.3) is 0 Å². The number of benzene rings is 2. The first-order valence-corrected chi connectivity index (χ1v) is 9.52. The topological polar surface area (TPSA) is 61.2 Å². The van der Waals surface area contributed by atoms with E-state index in [4.69, 9.17) is 14.5 Å². The molecule has 0 aliphatic heterocycles. The predicted molar refractivity (Wildman–Crippen MR) is 116 cm³/mol. The van der Waals surface area contributed by atoms with Crippen LogP contribution in [0.4, 0.5) is 11.6 Å². The van der Waals surface area contributed by atoms with Gasteiger partial charge < -0.3 is 19.4 Å². The Bertz CT molecular complexity index is 1150. The molecule has 1 N–H and O–H groups in total. The van der Waals surface area contributed by atoms with Crippen LogP contribution in [0.3, 0.4) is 0 Å². The predicted octanol–water partition coefficient (Wildman–Crippen LogP) is 5.44. The summed E-state index contributed by atoms with van der Waals surface area (Å²) in [6.07, 6.45) is 3.93. The number of hydrogen-bond acceptors (Lipinski definition) is 5. The average molecular weight is 388 g/mol. The molecule has 0 fully saturated rings. The molecule has 0 saturated heterocycles. The van der Waals surface area contributed by atoms with Crippen molar-refractivity contribution in [3.05, 3.63) is 60.9 Å². The van der Waals surface area contributed by atoms with Crippen molar-refractivity contribution >= 4 is 22.5 Å². The van der Waals surface area contributed by atoms with Gasteiger partial charge in [-0.3, -0.25) is 0 Å². The summed E-state index contributed by atoms with van der Waals surface area (Å²) in [4.78, 5) is 9.14. The number of nitrogens with one attached hydrogen (secondary N) is 1. The van der Waals surface area contributed by atoms with Gasteiger partial charge in [0, 0.05) is 41.0 Å². The lowest BCUT2D eigenvalue weighted by atomic mass is 10.1. The van der Waals surface area contributed by atoms with E-state index in [1.165, 1.54) is 10.9 Å². The Morgan fingerprint density at radius 2 is 1.83 bits per heavy atom. The fourth-order valence-electron chi connectivity index (χ4n) is 3.43. The van der Waals surface area contributed by atoms with E-state index in [-0.39, 0.29) is 0 Å². The van der Waals surface area contributed by atoms with Crippen LogP contribution in [0.25, 0.3) is 22.2 Å². The van der Waals surface area contributed by atoms with Crippen molar-refractivity contribution < 1.29 is 9.47 Å². The Morgan fingerprint density at radius 1 is 1.00 bits per heavy atom. The maximum atomic E-state index is 5.46. The first-order valence-electron chi connectivity index (χ1n) is 9.52. The highest BCUT2D eigenvalue weighted by molar-refractivity contribution is 5.95. The van der Waals surface area contributed by atoms with Crippen LogP contribution in [0.5, 0.6) is 11.5 Å². The van der Waals surface area contributed by atoms with Crippen LogP contribution in [-0.2, 0) is 0 Å². The van der Waals surface area contributed by atoms with E-state index in [0.29, 0.717) is 17.7 Å². The Kier molecular flexibility index (Phi) is 5.08. The molecule has 148 valence electrons. The van der Waals surface area contributed by atoms with Gasteiger partial charge >= 0.3 is 0 Å². The van der Waals surface area contributed by atoms with Crippen molar-refractivity contribution in [2.75, 3.05) is 19.5 Å². The van der Waals surface area contributed by atoms with Crippen LogP contribution in [-0.4, -0.2) is 28.8 Å². The lowest BCUT2D eigenvalue weighted by Crippen LogP contribution is -2.00. The van der Waals surface area contributed by atoms with Crippen molar-refractivity contribution in [2.24, 2.45) is 0 Å². The monoisotopic (exact) mass is 388 g/mol. The van der Waals surface area contributed by atoms with Gasteiger partial charge in [0.05, 0.1) is 25.6 Å². The second kappa shape index (κ2) is 7.83. The second-order valence-electron chi connectivity index (χ2n) is 7.02. The van der Waals surface area contributed by atoms with Gasteiger partial charge in [0.2, 0.25) is 5.95 Å². The van der Waals surface area contributed by atoms with E-state index in [9.17, 15) is 0 Å². The largest absolute Gasteiger partial charge is 0.497 e. The van der Waals surface area contributed by atoms with Gasteiger partial charge in [0.1, 0.15) is 11.5 Å².